The van der Waals surface area contributed by atoms with Gasteiger partial charge in [0.2, 0.25) is 0 Å². The Morgan fingerprint density at radius 3 is 2.94 bits per heavy atom. The fourth-order valence-corrected chi connectivity index (χ4v) is 1.90. The van der Waals surface area contributed by atoms with Crippen LogP contribution in [0.15, 0.2) is 18.6 Å². The van der Waals surface area contributed by atoms with Crippen LogP contribution < -0.4 is 5.73 Å². The fraction of sp³-hybridized carbons (Fsp3) is 0.583. The first-order valence-corrected chi connectivity index (χ1v) is 6.32. The first kappa shape index (κ1) is 12.8. The molecule has 0 aromatic carbocycles. The lowest BCUT2D eigenvalue weighted by Gasteiger charge is -2.04. The maximum atomic E-state index is 6.00. The Morgan fingerprint density at radius 2 is 2.28 bits per heavy atom. The number of hydrogen-bond acceptors (Lipinski definition) is 4. The zero-order chi connectivity index (χ0) is 13.0. The van der Waals surface area contributed by atoms with Crippen LogP contribution >= 0.6 is 0 Å². The van der Waals surface area contributed by atoms with Crippen molar-refractivity contribution in [3.05, 3.63) is 30.1 Å². The molecule has 2 heterocycles. The molecule has 0 saturated carbocycles. The molecule has 98 valence electrons. The quantitative estimate of drug-likeness (QED) is 0.829. The number of rotatable bonds is 6. The van der Waals surface area contributed by atoms with Gasteiger partial charge in [-0.05, 0) is 6.42 Å². The van der Waals surface area contributed by atoms with Crippen molar-refractivity contribution in [3.63, 3.8) is 0 Å². The minimum absolute atomic E-state index is 0.00286. The molecule has 0 fully saturated rings. The molecule has 0 aliphatic heterocycles. The molecule has 0 spiro atoms. The van der Waals surface area contributed by atoms with Crippen molar-refractivity contribution in [2.45, 2.75) is 38.8 Å². The number of nitrogens with two attached hydrogens (primary N) is 1. The third-order valence-electron chi connectivity index (χ3n) is 3.02. The van der Waals surface area contributed by atoms with E-state index in [4.69, 9.17) is 5.73 Å². The van der Waals surface area contributed by atoms with Crippen LogP contribution in [-0.4, -0.2) is 24.5 Å². The summed E-state index contributed by atoms with van der Waals surface area (Å²) in [6, 6.07) is -0.00286. The Kier molecular flexibility index (Phi) is 4.09. The lowest BCUT2D eigenvalue weighted by atomic mass is 10.1. The van der Waals surface area contributed by atoms with Gasteiger partial charge in [0.05, 0.1) is 17.9 Å². The SMILES string of the molecule is CCCC(N)c1cn(CCc2nccn2C)nn1. The minimum atomic E-state index is -0.00286. The number of imidazole rings is 1. The van der Waals surface area contributed by atoms with Gasteiger partial charge in [0.25, 0.3) is 0 Å². The zero-order valence-electron chi connectivity index (χ0n) is 11.0. The van der Waals surface area contributed by atoms with E-state index in [2.05, 4.69) is 22.2 Å². The lowest BCUT2D eigenvalue weighted by Crippen LogP contribution is -2.10. The highest BCUT2D eigenvalue weighted by atomic mass is 15.4. The summed E-state index contributed by atoms with van der Waals surface area (Å²) in [5.74, 6) is 1.05. The summed E-state index contributed by atoms with van der Waals surface area (Å²) in [6.07, 6.45) is 8.52. The van der Waals surface area contributed by atoms with E-state index in [1.165, 1.54) is 0 Å². The molecular weight excluding hydrogens is 228 g/mol. The average molecular weight is 248 g/mol. The van der Waals surface area contributed by atoms with Gasteiger partial charge < -0.3 is 10.3 Å². The highest BCUT2D eigenvalue weighted by molar-refractivity contribution is 4.99. The second-order valence-corrected chi connectivity index (χ2v) is 4.51. The van der Waals surface area contributed by atoms with E-state index >= 15 is 0 Å². The van der Waals surface area contributed by atoms with Crippen molar-refractivity contribution >= 4 is 0 Å². The van der Waals surface area contributed by atoms with Crippen LogP contribution in [0.25, 0.3) is 0 Å². The maximum Gasteiger partial charge on any atom is 0.110 e. The van der Waals surface area contributed by atoms with E-state index in [0.29, 0.717) is 0 Å². The molecule has 18 heavy (non-hydrogen) atoms. The van der Waals surface area contributed by atoms with Gasteiger partial charge in [0, 0.05) is 32.4 Å². The lowest BCUT2D eigenvalue weighted by molar-refractivity contribution is 0.568. The van der Waals surface area contributed by atoms with E-state index in [1.807, 2.05) is 28.7 Å². The van der Waals surface area contributed by atoms with E-state index in [9.17, 15) is 0 Å². The molecule has 0 bridgehead atoms. The topological polar surface area (TPSA) is 74.6 Å². The zero-order valence-corrected chi connectivity index (χ0v) is 11.0. The standard InChI is InChI=1S/C12H20N6/c1-3-4-10(13)11-9-18(16-15-11)7-5-12-14-6-8-17(12)2/h6,8-10H,3-5,7,13H2,1-2H3. The van der Waals surface area contributed by atoms with Gasteiger partial charge in [0.1, 0.15) is 5.82 Å². The van der Waals surface area contributed by atoms with Crippen molar-refractivity contribution in [1.29, 1.82) is 0 Å². The summed E-state index contributed by atoms with van der Waals surface area (Å²) in [5.41, 5.74) is 6.87. The molecule has 0 radical (unpaired) electrons. The highest BCUT2D eigenvalue weighted by Gasteiger charge is 2.09. The summed E-state index contributed by atoms with van der Waals surface area (Å²) in [6.45, 7) is 2.89. The van der Waals surface area contributed by atoms with Crippen LogP contribution in [0.3, 0.4) is 0 Å². The molecular formula is C12H20N6. The van der Waals surface area contributed by atoms with Gasteiger partial charge in [-0.1, -0.05) is 18.6 Å². The molecule has 1 atom stereocenters. The first-order chi connectivity index (χ1) is 8.70. The second kappa shape index (κ2) is 5.77. The third-order valence-corrected chi connectivity index (χ3v) is 3.02. The van der Waals surface area contributed by atoms with E-state index < -0.39 is 0 Å². The largest absolute Gasteiger partial charge is 0.338 e. The summed E-state index contributed by atoms with van der Waals surface area (Å²) in [7, 11) is 1.99. The molecule has 6 nitrogen and oxygen atoms in total. The minimum Gasteiger partial charge on any atom is -0.338 e. The summed E-state index contributed by atoms with van der Waals surface area (Å²) in [5, 5.41) is 8.22. The molecule has 0 aliphatic carbocycles. The Balaban J connectivity index is 1.93. The molecule has 2 N–H and O–H groups in total. The van der Waals surface area contributed by atoms with Gasteiger partial charge in [0.15, 0.2) is 0 Å². The number of aromatic nitrogens is 5. The van der Waals surface area contributed by atoms with Crippen LogP contribution in [-0.2, 0) is 20.0 Å². The Morgan fingerprint density at radius 1 is 1.44 bits per heavy atom. The number of hydrogen-bond donors (Lipinski definition) is 1. The number of aryl methyl sites for hydroxylation is 3. The molecule has 6 heteroatoms. The average Bonchev–Trinajstić information content (AvgIpc) is 2.96. The first-order valence-electron chi connectivity index (χ1n) is 6.32. The molecule has 0 saturated heterocycles. The van der Waals surface area contributed by atoms with Gasteiger partial charge in [-0.3, -0.25) is 4.68 Å². The smallest absolute Gasteiger partial charge is 0.110 e. The predicted octanol–water partition coefficient (Wildman–Crippen LogP) is 1.05. The Labute approximate surface area is 107 Å². The maximum absolute atomic E-state index is 6.00. The molecule has 2 aromatic rings. The van der Waals surface area contributed by atoms with Crippen LogP contribution in [0.2, 0.25) is 0 Å². The van der Waals surface area contributed by atoms with Crippen LogP contribution in [0, 0.1) is 0 Å². The molecule has 1 unspecified atom stereocenters. The molecule has 0 aliphatic rings. The van der Waals surface area contributed by atoms with E-state index in [1.54, 1.807) is 6.20 Å². The van der Waals surface area contributed by atoms with Crippen LogP contribution in [0.5, 0.6) is 0 Å². The van der Waals surface area contributed by atoms with Crippen molar-refractivity contribution in [1.82, 2.24) is 24.5 Å². The monoisotopic (exact) mass is 248 g/mol. The third kappa shape index (κ3) is 2.95. The van der Waals surface area contributed by atoms with Crippen LogP contribution in [0.4, 0.5) is 0 Å². The van der Waals surface area contributed by atoms with E-state index in [0.717, 1.165) is 37.3 Å². The van der Waals surface area contributed by atoms with Crippen LogP contribution in [0.1, 0.15) is 37.3 Å². The van der Waals surface area contributed by atoms with Gasteiger partial charge in [-0.25, -0.2) is 4.98 Å². The van der Waals surface area contributed by atoms with Gasteiger partial charge in [-0.15, -0.1) is 5.10 Å². The molecule has 2 rings (SSSR count). The summed E-state index contributed by atoms with van der Waals surface area (Å²) >= 11 is 0. The Hall–Kier alpha value is -1.69. The summed E-state index contributed by atoms with van der Waals surface area (Å²) in [4.78, 5) is 4.28. The second-order valence-electron chi connectivity index (χ2n) is 4.51. The Bertz CT molecular complexity index is 486. The number of nitrogens with zero attached hydrogens (tertiary/aromatic N) is 5. The summed E-state index contributed by atoms with van der Waals surface area (Å²) < 4.78 is 3.85. The van der Waals surface area contributed by atoms with Gasteiger partial charge >= 0.3 is 0 Å². The van der Waals surface area contributed by atoms with Crippen molar-refractivity contribution in [2.24, 2.45) is 12.8 Å². The van der Waals surface area contributed by atoms with Crippen molar-refractivity contribution in [3.8, 4) is 0 Å². The van der Waals surface area contributed by atoms with Crippen molar-refractivity contribution in [2.75, 3.05) is 0 Å². The van der Waals surface area contributed by atoms with E-state index in [-0.39, 0.29) is 6.04 Å². The highest BCUT2D eigenvalue weighted by Crippen LogP contribution is 2.12. The molecule has 2 aromatic heterocycles. The normalized spacial score (nSPS) is 12.8. The van der Waals surface area contributed by atoms with Gasteiger partial charge in [-0.2, -0.15) is 0 Å². The van der Waals surface area contributed by atoms with Crippen molar-refractivity contribution < 1.29 is 0 Å². The fourth-order valence-electron chi connectivity index (χ4n) is 1.90. The molecule has 0 amide bonds. The predicted molar refractivity (Wildman–Crippen MR) is 68.8 cm³/mol.